The van der Waals surface area contributed by atoms with E-state index in [-0.39, 0.29) is 18.3 Å². The molecule has 6 heteroatoms. The molecule has 0 bridgehead atoms. The first-order valence-electron chi connectivity index (χ1n) is 7.12. The third kappa shape index (κ3) is 7.16. The smallest absolute Gasteiger partial charge is 0.220 e. The molecule has 1 fully saturated rings. The Kier molecular flexibility index (Phi) is 8.73. The second-order valence-electron chi connectivity index (χ2n) is 5.00. The molecule has 0 aromatic heterocycles. The van der Waals surface area contributed by atoms with Gasteiger partial charge in [-0.3, -0.25) is 4.79 Å². The highest BCUT2D eigenvalue weighted by atomic mass is 79.9. The summed E-state index contributed by atoms with van der Waals surface area (Å²) in [4.78, 5) is 11.8. The van der Waals surface area contributed by atoms with Crippen molar-refractivity contribution < 1.29 is 9.53 Å². The molecule has 1 aliphatic rings. The van der Waals surface area contributed by atoms with E-state index in [2.05, 4.69) is 26.6 Å². The van der Waals surface area contributed by atoms with Gasteiger partial charge in [-0.1, -0.05) is 22.0 Å². The molecule has 0 atom stereocenters. The lowest BCUT2D eigenvalue weighted by Gasteiger charge is -2.23. The molecule has 1 aliphatic heterocycles. The van der Waals surface area contributed by atoms with E-state index >= 15 is 0 Å². The minimum Gasteiger partial charge on any atom is -0.494 e. The number of carbonyl (C=O) groups is 1. The van der Waals surface area contributed by atoms with E-state index in [0.717, 1.165) is 42.6 Å². The van der Waals surface area contributed by atoms with Crippen LogP contribution < -0.4 is 15.4 Å². The van der Waals surface area contributed by atoms with E-state index in [9.17, 15) is 4.79 Å². The van der Waals surface area contributed by atoms with E-state index in [1.54, 1.807) is 0 Å². The summed E-state index contributed by atoms with van der Waals surface area (Å²) in [5, 5.41) is 6.37. The standard InChI is InChI=1S/C15H21BrN2O2.ClH/c16-12-3-1-4-14(11-12)20-10-2-5-15(19)18-13-6-8-17-9-7-13;/h1,3-4,11,13,17H,2,5-10H2,(H,18,19);1H. The molecule has 1 aromatic rings. The lowest BCUT2D eigenvalue weighted by Crippen LogP contribution is -2.42. The van der Waals surface area contributed by atoms with Gasteiger partial charge < -0.3 is 15.4 Å². The summed E-state index contributed by atoms with van der Waals surface area (Å²) < 4.78 is 6.61. The van der Waals surface area contributed by atoms with E-state index in [4.69, 9.17) is 4.74 Å². The summed E-state index contributed by atoms with van der Waals surface area (Å²) in [5.74, 6) is 0.966. The molecular weight excluding hydrogens is 356 g/mol. The first-order valence-corrected chi connectivity index (χ1v) is 7.92. The van der Waals surface area contributed by atoms with Crippen LogP contribution in [0.5, 0.6) is 5.75 Å². The van der Waals surface area contributed by atoms with E-state index in [1.165, 1.54) is 0 Å². The van der Waals surface area contributed by atoms with Crippen LogP contribution in [0.2, 0.25) is 0 Å². The largest absolute Gasteiger partial charge is 0.494 e. The van der Waals surface area contributed by atoms with Gasteiger partial charge in [-0.05, 0) is 50.6 Å². The molecule has 0 saturated carbocycles. The third-order valence-corrected chi connectivity index (χ3v) is 3.81. The van der Waals surface area contributed by atoms with E-state index in [0.29, 0.717) is 19.1 Å². The molecule has 0 spiro atoms. The fourth-order valence-corrected chi connectivity index (χ4v) is 2.62. The maximum Gasteiger partial charge on any atom is 0.220 e. The minimum absolute atomic E-state index is 0. The molecule has 0 unspecified atom stereocenters. The molecule has 4 nitrogen and oxygen atoms in total. The number of benzene rings is 1. The van der Waals surface area contributed by atoms with Crippen molar-refractivity contribution in [2.75, 3.05) is 19.7 Å². The lowest BCUT2D eigenvalue weighted by atomic mass is 10.1. The Morgan fingerprint density at radius 2 is 2.14 bits per heavy atom. The molecule has 21 heavy (non-hydrogen) atoms. The van der Waals surface area contributed by atoms with Gasteiger partial charge in [-0.2, -0.15) is 0 Å². The van der Waals surface area contributed by atoms with Crippen LogP contribution in [0.15, 0.2) is 28.7 Å². The van der Waals surface area contributed by atoms with Crippen LogP contribution in [-0.4, -0.2) is 31.6 Å². The average Bonchev–Trinajstić information content (AvgIpc) is 2.45. The van der Waals surface area contributed by atoms with Crippen LogP contribution in [0.4, 0.5) is 0 Å². The Labute approximate surface area is 140 Å². The second-order valence-corrected chi connectivity index (χ2v) is 5.92. The molecular formula is C15H22BrClN2O2. The number of halogens is 2. The van der Waals surface area contributed by atoms with E-state index in [1.807, 2.05) is 24.3 Å². The summed E-state index contributed by atoms with van der Waals surface area (Å²) in [6.45, 7) is 2.56. The van der Waals surface area contributed by atoms with Gasteiger partial charge in [0.25, 0.3) is 0 Å². The van der Waals surface area contributed by atoms with Crippen molar-refractivity contribution in [3.63, 3.8) is 0 Å². The number of piperidine rings is 1. The van der Waals surface area contributed by atoms with Crippen LogP contribution >= 0.6 is 28.3 Å². The van der Waals surface area contributed by atoms with Crippen molar-refractivity contribution in [1.82, 2.24) is 10.6 Å². The first-order chi connectivity index (χ1) is 9.74. The number of ether oxygens (including phenoxy) is 1. The van der Waals surface area contributed by atoms with Gasteiger partial charge in [-0.15, -0.1) is 12.4 Å². The second kappa shape index (κ2) is 10.0. The van der Waals surface area contributed by atoms with Crippen LogP contribution in [0, 0.1) is 0 Å². The highest BCUT2D eigenvalue weighted by Gasteiger charge is 2.14. The number of rotatable bonds is 6. The molecule has 1 amide bonds. The predicted octanol–water partition coefficient (Wildman–Crippen LogP) is 2.90. The van der Waals surface area contributed by atoms with Crippen molar-refractivity contribution in [3.05, 3.63) is 28.7 Å². The van der Waals surface area contributed by atoms with Gasteiger partial charge in [0.1, 0.15) is 5.75 Å². The highest BCUT2D eigenvalue weighted by Crippen LogP contribution is 2.17. The SMILES string of the molecule is Cl.O=C(CCCOc1cccc(Br)c1)NC1CCNCC1. The molecule has 1 saturated heterocycles. The Morgan fingerprint density at radius 3 is 2.86 bits per heavy atom. The van der Waals surface area contributed by atoms with Gasteiger partial charge >= 0.3 is 0 Å². The number of carbonyl (C=O) groups excluding carboxylic acids is 1. The lowest BCUT2D eigenvalue weighted by molar-refractivity contribution is -0.122. The van der Waals surface area contributed by atoms with Crippen molar-refractivity contribution in [2.24, 2.45) is 0 Å². The topological polar surface area (TPSA) is 50.4 Å². The van der Waals surface area contributed by atoms with Crippen LogP contribution in [0.3, 0.4) is 0 Å². The zero-order valence-corrected chi connectivity index (χ0v) is 14.3. The van der Waals surface area contributed by atoms with Crippen LogP contribution in [0.25, 0.3) is 0 Å². The molecule has 2 N–H and O–H groups in total. The van der Waals surface area contributed by atoms with Gasteiger partial charge in [0.05, 0.1) is 6.61 Å². The summed E-state index contributed by atoms with van der Waals surface area (Å²) in [6, 6.07) is 8.08. The summed E-state index contributed by atoms with van der Waals surface area (Å²) in [5.41, 5.74) is 0. The Hall–Kier alpha value is -0.780. The molecule has 118 valence electrons. The third-order valence-electron chi connectivity index (χ3n) is 3.32. The van der Waals surface area contributed by atoms with Crippen molar-refractivity contribution in [2.45, 2.75) is 31.7 Å². The van der Waals surface area contributed by atoms with Crippen molar-refractivity contribution in [1.29, 1.82) is 0 Å². The number of nitrogens with one attached hydrogen (secondary N) is 2. The number of hydrogen-bond acceptors (Lipinski definition) is 3. The van der Waals surface area contributed by atoms with E-state index < -0.39 is 0 Å². The van der Waals surface area contributed by atoms with Gasteiger partial charge in [-0.25, -0.2) is 0 Å². The number of hydrogen-bond donors (Lipinski definition) is 2. The molecule has 1 heterocycles. The normalized spacial score (nSPS) is 15.1. The maximum atomic E-state index is 11.8. The maximum absolute atomic E-state index is 11.8. The van der Waals surface area contributed by atoms with Crippen LogP contribution in [0.1, 0.15) is 25.7 Å². The first kappa shape index (κ1) is 18.3. The summed E-state index contributed by atoms with van der Waals surface area (Å²) >= 11 is 3.40. The minimum atomic E-state index is 0. The summed E-state index contributed by atoms with van der Waals surface area (Å²) in [7, 11) is 0. The van der Waals surface area contributed by atoms with Crippen LogP contribution in [-0.2, 0) is 4.79 Å². The van der Waals surface area contributed by atoms with Crippen molar-refractivity contribution >= 4 is 34.2 Å². The Bertz CT molecular complexity index is 439. The molecule has 2 rings (SSSR count). The van der Waals surface area contributed by atoms with Gasteiger partial charge in [0.2, 0.25) is 5.91 Å². The van der Waals surface area contributed by atoms with Crippen molar-refractivity contribution in [3.8, 4) is 5.75 Å². The fourth-order valence-electron chi connectivity index (χ4n) is 2.25. The van der Waals surface area contributed by atoms with Gasteiger partial charge in [0, 0.05) is 16.9 Å². The highest BCUT2D eigenvalue weighted by molar-refractivity contribution is 9.10. The Balaban J connectivity index is 0.00000220. The molecule has 0 radical (unpaired) electrons. The molecule has 1 aromatic carbocycles. The molecule has 0 aliphatic carbocycles. The number of amides is 1. The zero-order chi connectivity index (χ0) is 14.2. The Morgan fingerprint density at radius 1 is 1.38 bits per heavy atom. The predicted molar refractivity (Wildman–Crippen MR) is 90.2 cm³/mol. The monoisotopic (exact) mass is 376 g/mol. The fraction of sp³-hybridized carbons (Fsp3) is 0.533. The average molecular weight is 378 g/mol. The quantitative estimate of drug-likeness (QED) is 0.750. The zero-order valence-electron chi connectivity index (χ0n) is 11.9. The summed E-state index contributed by atoms with van der Waals surface area (Å²) in [6.07, 6.45) is 3.32. The van der Waals surface area contributed by atoms with Gasteiger partial charge in [0.15, 0.2) is 0 Å².